The molecule has 0 spiro atoms. The number of rotatable bonds is 10. The SMILES string of the molecule is CCN(CC)CCOC(=O)c1ccc(NC(=O)c2ccc(C)c(S(=O)(=O)N3CCOCC3)c2)cc1. The second-order valence-electron chi connectivity index (χ2n) is 8.19. The van der Waals surface area contributed by atoms with E-state index in [-0.39, 0.29) is 23.5 Å². The third-order valence-corrected chi connectivity index (χ3v) is 7.99. The zero-order chi connectivity index (χ0) is 25.4. The number of anilines is 1. The predicted octanol–water partition coefficient (Wildman–Crippen LogP) is 2.77. The van der Waals surface area contributed by atoms with Gasteiger partial charge in [0.15, 0.2) is 0 Å². The molecule has 1 saturated heterocycles. The number of hydrogen-bond acceptors (Lipinski definition) is 7. The molecule has 9 nitrogen and oxygen atoms in total. The Kier molecular flexibility index (Phi) is 9.39. The van der Waals surface area contributed by atoms with Crippen molar-refractivity contribution in [2.45, 2.75) is 25.7 Å². The number of nitrogens with zero attached hydrogens (tertiary/aromatic N) is 2. The molecule has 1 N–H and O–H groups in total. The molecule has 10 heteroatoms. The van der Waals surface area contributed by atoms with Gasteiger partial charge >= 0.3 is 5.97 Å². The van der Waals surface area contributed by atoms with E-state index in [0.717, 1.165) is 13.1 Å². The van der Waals surface area contributed by atoms with Crippen LogP contribution in [-0.4, -0.2) is 82.0 Å². The first-order chi connectivity index (χ1) is 16.8. The Balaban J connectivity index is 1.64. The molecule has 2 aromatic rings. The van der Waals surface area contributed by atoms with Gasteiger partial charge in [-0.25, -0.2) is 13.2 Å². The first-order valence-electron chi connectivity index (χ1n) is 11.8. The third kappa shape index (κ3) is 6.88. The molecule has 1 fully saturated rings. The van der Waals surface area contributed by atoms with Gasteiger partial charge in [0.2, 0.25) is 10.0 Å². The van der Waals surface area contributed by atoms with Crippen LogP contribution in [0.5, 0.6) is 0 Å². The standard InChI is InChI=1S/C25H33N3O6S/c1-4-27(5-2)12-17-34-25(30)20-8-10-22(11-9-20)26-24(29)21-7-6-19(3)23(18-21)35(31,32)28-13-15-33-16-14-28/h6-11,18H,4-5,12-17H2,1-3H3,(H,26,29). The van der Waals surface area contributed by atoms with Crippen molar-refractivity contribution in [1.82, 2.24) is 9.21 Å². The molecule has 1 amide bonds. The van der Waals surface area contributed by atoms with Gasteiger partial charge in [-0.2, -0.15) is 4.31 Å². The molecular weight excluding hydrogens is 470 g/mol. The maximum absolute atomic E-state index is 13.1. The highest BCUT2D eigenvalue weighted by Crippen LogP contribution is 2.23. The first-order valence-corrected chi connectivity index (χ1v) is 13.2. The van der Waals surface area contributed by atoms with Gasteiger partial charge in [-0.15, -0.1) is 0 Å². The number of benzene rings is 2. The Labute approximate surface area is 207 Å². The summed E-state index contributed by atoms with van der Waals surface area (Å²) in [5.74, 6) is -0.871. The van der Waals surface area contributed by atoms with Crippen LogP contribution < -0.4 is 5.32 Å². The molecule has 3 rings (SSSR count). The van der Waals surface area contributed by atoms with E-state index in [2.05, 4.69) is 24.1 Å². The number of likely N-dealkylation sites (N-methyl/N-ethyl adjacent to an activating group) is 1. The Morgan fingerprint density at radius 3 is 2.29 bits per heavy atom. The summed E-state index contributed by atoms with van der Waals surface area (Å²) < 4.78 is 38.1. The molecule has 0 aliphatic carbocycles. The van der Waals surface area contributed by atoms with E-state index in [1.807, 2.05) is 0 Å². The fourth-order valence-corrected chi connectivity index (χ4v) is 5.39. The number of hydrogen-bond donors (Lipinski definition) is 1. The lowest BCUT2D eigenvalue weighted by Gasteiger charge is -2.26. The number of carbonyl (C=O) groups excluding carboxylic acids is 2. The number of aryl methyl sites for hydroxylation is 1. The molecule has 2 aromatic carbocycles. The lowest BCUT2D eigenvalue weighted by atomic mass is 10.1. The second-order valence-corrected chi connectivity index (χ2v) is 10.1. The van der Waals surface area contributed by atoms with Gasteiger partial charge in [-0.05, 0) is 62.0 Å². The molecular formula is C25H33N3O6S. The molecule has 1 aliphatic heterocycles. The Morgan fingerprint density at radius 2 is 1.66 bits per heavy atom. The van der Waals surface area contributed by atoms with Gasteiger partial charge in [-0.1, -0.05) is 19.9 Å². The summed E-state index contributed by atoms with van der Waals surface area (Å²) in [6, 6.07) is 11.0. The van der Waals surface area contributed by atoms with E-state index >= 15 is 0 Å². The Bertz CT molecular complexity index is 1120. The summed E-state index contributed by atoms with van der Waals surface area (Å²) in [6.45, 7) is 9.83. The van der Waals surface area contributed by atoms with Gasteiger partial charge in [-0.3, -0.25) is 4.79 Å². The minimum absolute atomic E-state index is 0.106. The van der Waals surface area contributed by atoms with Crippen molar-refractivity contribution in [3.63, 3.8) is 0 Å². The molecule has 1 heterocycles. The van der Waals surface area contributed by atoms with Gasteiger partial charge in [0.1, 0.15) is 6.61 Å². The van der Waals surface area contributed by atoms with Crippen molar-refractivity contribution in [2.24, 2.45) is 0 Å². The number of sulfonamides is 1. The van der Waals surface area contributed by atoms with E-state index in [1.54, 1.807) is 43.3 Å². The smallest absolute Gasteiger partial charge is 0.338 e. The van der Waals surface area contributed by atoms with Crippen LogP contribution in [0, 0.1) is 6.92 Å². The molecule has 0 saturated carbocycles. The van der Waals surface area contributed by atoms with Gasteiger partial charge in [0.25, 0.3) is 5.91 Å². The van der Waals surface area contributed by atoms with Crippen molar-refractivity contribution in [1.29, 1.82) is 0 Å². The summed E-state index contributed by atoms with van der Waals surface area (Å²) in [5.41, 5.74) is 1.66. The summed E-state index contributed by atoms with van der Waals surface area (Å²) in [4.78, 5) is 27.3. The minimum atomic E-state index is -3.73. The van der Waals surface area contributed by atoms with Crippen LogP contribution >= 0.6 is 0 Å². The summed E-state index contributed by atoms with van der Waals surface area (Å²) in [6.07, 6.45) is 0. The van der Waals surface area contributed by atoms with Gasteiger partial charge < -0.3 is 19.7 Å². The molecule has 0 atom stereocenters. The number of esters is 1. The van der Waals surface area contributed by atoms with E-state index in [1.165, 1.54) is 10.4 Å². The molecule has 0 bridgehead atoms. The van der Waals surface area contributed by atoms with Crippen molar-refractivity contribution in [3.05, 3.63) is 59.2 Å². The summed E-state index contributed by atoms with van der Waals surface area (Å²) in [7, 11) is -3.73. The summed E-state index contributed by atoms with van der Waals surface area (Å²) >= 11 is 0. The Morgan fingerprint density at radius 1 is 1.03 bits per heavy atom. The van der Waals surface area contributed by atoms with Crippen LogP contribution in [0.15, 0.2) is 47.4 Å². The number of nitrogens with one attached hydrogen (secondary N) is 1. The van der Waals surface area contributed by atoms with E-state index < -0.39 is 21.9 Å². The van der Waals surface area contributed by atoms with Crippen molar-refractivity contribution in [2.75, 3.05) is 57.9 Å². The molecule has 0 unspecified atom stereocenters. The van der Waals surface area contributed by atoms with Crippen molar-refractivity contribution >= 4 is 27.6 Å². The monoisotopic (exact) mass is 503 g/mol. The average Bonchev–Trinajstić information content (AvgIpc) is 2.87. The molecule has 0 radical (unpaired) electrons. The van der Waals surface area contributed by atoms with Gasteiger partial charge in [0.05, 0.1) is 23.7 Å². The fraction of sp³-hybridized carbons (Fsp3) is 0.440. The highest BCUT2D eigenvalue weighted by molar-refractivity contribution is 7.89. The quantitative estimate of drug-likeness (QED) is 0.497. The minimum Gasteiger partial charge on any atom is -0.461 e. The largest absolute Gasteiger partial charge is 0.461 e. The first kappa shape index (κ1) is 26.8. The van der Waals surface area contributed by atoms with Crippen molar-refractivity contribution in [3.8, 4) is 0 Å². The number of carbonyl (C=O) groups is 2. The van der Waals surface area contributed by atoms with Crippen molar-refractivity contribution < 1.29 is 27.5 Å². The topological polar surface area (TPSA) is 105 Å². The fourth-order valence-electron chi connectivity index (χ4n) is 3.73. The van der Waals surface area contributed by atoms with E-state index in [0.29, 0.717) is 43.2 Å². The molecule has 0 aromatic heterocycles. The normalized spacial score (nSPS) is 14.6. The van der Waals surface area contributed by atoms with Crippen LogP contribution in [0.3, 0.4) is 0 Å². The number of morpholine rings is 1. The van der Waals surface area contributed by atoms with Crippen LogP contribution in [0.1, 0.15) is 40.1 Å². The van der Waals surface area contributed by atoms with Crippen LogP contribution in [-0.2, 0) is 19.5 Å². The molecule has 1 aliphatic rings. The highest BCUT2D eigenvalue weighted by Gasteiger charge is 2.28. The molecule has 35 heavy (non-hydrogen) atoms. The third-order valence-electron chi connectivity index (χ3n) is 5.95. The lowest BCUT2D eigenvalue weighted by molar-refractivity contribution is 0.0466. The number of amides is 1. The Hall–Kier alpha value is -2.79. The summed E-state index contributed by atoms with van der Waals surface area (Å²) in [5, 5.41) is 2.75. The zero-order valence-corrected chi connectivity index (χ0v) is 21.3. The zero-order valence-electron chi connectivity index (χ0n) is 20.5. The highest BCUT2D eigenvalue weighted by atomic mass is 32.2. The predicted molar refractivity (Wildman–Crippen MR) is 133 cm³/mol. The van der Waals surface area contributed by atoms with E-state index in [9.17, 15) is 18.0 Å². The maximum Gasteiger partial charge on any atom is 0.338 e. The van der Waals surface area contributed by atoms with E-state index in [4.69, 9.17) is 9.47 Å². The second kappa shape index (κ2) is 12.3. The van der Waals surface area contributed by atoms with Crippen LogP contribution in [0.2, 0.25) is 0 Å². The number of ether oxygens (including phenoxy) is 2. The average molecular weight is 504 g/mol. The van der Waals surface area contributed by atoms with Gasteiger partial charge in [0, 0.05) is 30.9 Å². The van der Waals surface area contributed by atoms with Crippen LogP contribution in [0.4, 0.5) is 5.69 Å². The lowest BCUT2D eigenvalue weighted by Crippen LogP contribution is -2.40. The molecule has 190 valence electrons. The maximum atomic E-state index is 13.1. The van der Waals surface area contributed by atoms with Crippen LogP contribution in [0.25, 0.3) is 0 Å².